The van der Waals surface area contributed by atoms with Crippen LogP contribution in [0.15, 0.2) is 40.7 Å². The Morgan fingerprint density at radius 1 is 1.21 bits per heavy atom. The number of piperidine rings is 1. The summed E-state index contributed by atoms with van der Waals surface area (Å²) in [4.78, 5) is 11.8. The van der Waals surface area contributed by atoms with Crippen LogP contribution < -0.4 is 10.6 Å². The van der Waals surface area contributed by atoms with Gasteiger partial charge in [0.25, 0.3) is 0 Å². The Morgan fingerprint density at radius 3 is 2.61 bits per heavy atom. The zero-order chi connectivity index (χ0) is 19.3. The fraction of sp³-hybridized carbons (Fsp3) is 0.545. The second-order valence-electron chi connectivity index (χ2n) is 7.87. The quantitative estimate of drug-likeness (QED) is 0.578. The molecule has 28 heavy (non-hydrogen) atoms. The van der Waals surface area contributed by atoms with Crippen molar-refractivity contribution in [2.24, 2.45) is 4.99 Å². The van der Waals surface area contributed by atoms with E-state index in [1.807, 2.05) is 7.05 Å². The molecule has 2 aromatic rings. The van der Waals surface area contributed by atoms with Gasteiger partial charge >= 0.3 is 0 Å². The van der Waals surface area contributed by atoms with Gasteiger partial charge in [-0.05, 0) is 37.7 Å². The first-order chi connectivity index (χ1) is 13.7. The third kappa shape index (κ3) is 4.55. The van der Waals surface area contributed by atoms with Crippen LogP contribution in [0, 0.1) is 0 Å². The molecule has 2 bridgehead atoms. The Morgan fingerprint density at radius 2 is 1.96 bits per heavy atom. The van der Waals surface area contributed by atoms with Gasteiger partial charge in [0.1, 0.15) is 0 Å². The zero-order valence-electron chi connectivity index (χ0n) is 16.9. The predicted octanol–water partition coefficient (Wildman–Crippen LogP) is 3.57. The third-order valence-electron chi connectivity index (χ3n) is 6.00. The van der Waals surface area contributed by atoms with Crippen LogP contribution in [0.5, 0.6) is 0 Å². The molecule has 5 nitrogen and oxygen atoms in total. The van der Waals surface area contributed by atoms with E-state index in [0.29, 0.717) is 18.1 Å². The fourth-order valence-corrected chi connectivity index (χ4v) is 5.34. The molecule has 2 saturated heterocycles. The number of aryl methyl sites for hydroxylation is 1. The molecule has 1 aromatic carbocycles. The molecule has 0 saturated carbocycles. The molecule has 2 aliphatic rings. The van der Waals surface area contributed by atoms with Crippen LogP contribution >= 0.6 is 11.3 Å². The van der Waals surface area contributed by atoms with Gasteiger partial charge in [-0.2, -0.15) is 0 Å². The van der Waals surface area contributed by atoms with Crippen molar-refractivity contribution >= 4 is 17.3 Å². The minimum Gasteiger partial charge on any atom is -0.354 e. The van der Waals surface area contributed by atoms with Crippen molar-refractivity contribution in [2.45, 2.75) is 70.2 Å². The fourth-order valence-electron chi connectivity index (χ4n) is 4.60. The van der Waals surface area contributed by atoms with Crippen LogP contribution in [0.1, 0.15) is 48.9 Å². The van der Waals surface area contributed by atoms with Crippen LogP contribution in [-0.4, -0.2) is 41.0 Å². The number of hydrogen-bond acceptors (Lipinski definition) is 4. The van der Waals surface area contributed by atoms with Crippen molar-refractivity contribution in [3.05, 3.63) is 52.0 Å². The summed E-state index contributed by atoms with van der Waals surface area (Å²) in [5.74, 6) is 0.895. The maximum atomic E-state index is 4.63. The van der Waals surface area contributed by atoms with Gasteiger partial charge < -0.3 is 10.6 Å². The molecular weight excluding hydrogens is 366 g/mol. The van der Waals surface area contributed by atoms with Crippen molar-refractivity contribution in [1.29, 1.82) is 0 Å². The number of nitrogens with zero attached hydrogens (tertiary/aromatic N) is 3. The largest absolute Gasteiger partial charge is 0.354 e. The number of aliphatic imine (C=N–C) groups is 1. The lowest BCUT2D eigenvalue weighted by Gasteiger charge is -2.39. The van der Waals surface area contributed by atoms with E-state index in [0.717, 1.165) is 31.2 Å². The maximum absolute atomic E-state index is 4.63. The van der Waals surface area contributed by atoms with E-state index < -0.39 is 0 Å². The van der Waals surface area contributed by atoms with Crippen LogP contribution in [0.4, 0.5) is 0 Å². The van der Waals surface area contributed by atoms with Crippen LogP contribution in [0.2, 0.25) is 0 Å². The average molecular weight is 398 g/mol. The van der Waals surface area contributed by atoms with E-state index in [4.69, 9.17) is 0 Å². The summed E-state index contributed by atoms with van der Waals surface area (Å²) in [7, 11) is 1.85. The van der Waals surface area contributed by atoms with Gasteiger partial charge in [-0.25, -0.2) is 4.98 Å². The first kappa shape index (κ1) is 19.4. The van der Waals surface area contributed by atoms with Crippen molar-refractivity contribution in [3.63, 3.8) is 0 Å². The molecule has 1 aromatic heterocycles. The number of benzene rings is 1. The molecule has 2 unspecified atom stereocenters. The van der Waals surface area contributed by atoms with E-state index in [1.54, 1.807) is 11.3 Å². The molecule has 2 aliphatic heterocycles. The summed E-state index contributed by atoms with van der Waals surface area (Å²) in [6, 6.07) is 12.7. The van der Waals surface area contributed by atoms with Crippen LogP contribution in [0.25, 0.3) is 0 Å². The highest BCUT2D eigenvalue weighted by Crippen LogP contribution is 2.36. The number of guanidine groups is 1. The molecule has 2 N–H and O–H groups in total. The van der Waals surface area contributed by atoms with E-state index in [1.165, 1.54) is 36.3 Å². The summed E-state index contributed by atoms with van der Waals surface area (Å²) in [6.07, 6.45) is 6.03. The second kappa shape index (κ2) is 9.05. The molecule has 6 heteroatoms. The van der Waals surface area contributed by atoms with Crippen molar-refractivity contribution in [2.75, 3.05) is 7.05 Å². The summed E-state index contributed by atoms with van der Waals surface area (Å²) >= 11 is 1.74. The van der Waals surface area contributed by atoms with Gasteiger partial charge in [0.05, 0.1) is 17.2 Å². The smallest absolute Gasteiger partial charge is 0.191 e. The summed E-state index contributed by atoms with van der Waals surface area (Å²) in [6.45, 7) is 3.96. The van der Waals surface area contributed by atoms with Crippen molar-refractivity contribution in [3.8, 4) is 0 Å². The molecule has 0 spiro atoms. The highest BCUT2D eigenvalue weighted by Gasteiger charge is 2.40. The van der Waals surface area contributed by atoms with E-state index >= 15 is 0 Å². The lowest BCUT2D eigenvalue weighted by molar-refractivity contribution is 0.114. The second-order valence-corrected chi connectivity index (χ2v) is 8.81. The van der Waals surface area contributed by atoms with Gasteiger partial charge in [0, 0.05) is 37.1 Å². The van der Waals surface area contributed by atoms with Gasteiger partial charge in [0.15, 0.2) is 5.96 Å². The Labute approximate surface area is 172 Å². The van der Waals surface area contributed by atoms with Gasteiger partial charge in [-0.3, -0.25) is 9.89 Å². The lowest BCUT2D eigenvalue weighted by atomic mass is 9.96. The van der Waals surface area contributed by atoms with Crippen LogP contribution in [0.3, 0.4) is 0 Å². The lowest BCUT2D eigenvalue weighted by Crippen LogP contribution is -2.52. The number of fused-ring (bicyclic) bond motifs is 2. The minimum atomic E-state index is 0.498. The normalized spacial score (nSPS) is 25.1. The first-order valence-corrected chi connectivity index (χ1v) is 11.3. The van der Waals surface area contributed by atoms with Crippen molar-refractivity contribution < 1.29 is 0 Å². The minimum absolute atomic E-state index is 0.498. The maximum Gasteiger partial charge on any atom is 0.191 e. The number of rotatable bonds is 6. The number of hydrogen-bond donors (Lipinski definition) is 2. The number of aromatic nitrogens is 1. The van der Waals surface area contributed by atoms with Gasteiger partial charge in [0.2, 0.25) is 0 Å². The molecule has 2 atom stereocenters. The van der Waals surface area contributed by atoms with Gasteiger partial charge in [-0.1, -0.05) is 37.3 Å². The average Bonchev–Trinajstić information content (AvgIpc) is 3.27. The standard InChI is InChI=1S/C22H31N5S/c1-3-21-25-18(15-28-21)13-24-22(23-2)26-17-11-19-9-10-20(12-17)27(19)14-16-7-5-4-6-8-16/h4-8,15,17,19-20H,3,9-14H2,1-2H3,(H2,23,24,26). The molecule has 0 radical (unpaired) electrons. The third-order valence-corrected chi connectivity index (χ3v) is 7.04. The molecule has 0 amide bonds. The molecule has 4 rings (SSSR count). The molecule has 0 aliphatic carbocycles. The Hall–Kier alpha value is -1.92. The van der Waals surface area contributed by atoms with Crippen molar-refractivity contribution in [1.82, 2.24) is 20.5 Å². The van der Waals surface area contributed by atoms with E-state index in [-0.39, 0.29) is 0 Å². The Bertz CT molecular complexity index is 773. The SMILES string of the molecule is CCc1nc(CNC(=NC)NC2CC3CCC(C2)N3Cc2ccccc2)cs1. The molecular formula is C22H31N5S. The Kier molecular flexibility index (Phi) is 6.27. The first-order valence-electron chi connectivity index (χ1n) is 10.4. The number of nitrogens with one attached hydrogen (secondary N) is 2. The predicted molar refractivity (Wildman–Crippen MR) is 117 cm³/mol. The van der Waals surface area contributed by atoms with Crippen LogP contribution in [-0.2, 0) is 19.5 Å². The highest BCUT2D eigenvalue weighted by molar-refractivity contribution is 7.09. The zero-order valence-corrected chi connectivity index (χ0v) is 17.7. The van der Waals surface area contributed by atoms with Gasteiger partial charge in [-0.15, -0.1) is 11.3 Å². The van der Waals surface area contributed by atoms with E-state index in [9.17, 15) is 0 Å². The summed E-state index contributed by atoms with van der Waals surface area (Å²) in [5.41, 5.74) is 2.53. The molecule has 150 valence electrons. The molecule has 2 fully saturated rings. The summed E-state index contributed by atoms with van der Waals surface area (Å²) in [5, 5.41) is 10.4. The summed E-state index contributed by atoms with van der Waals surface area (Å²) < 4.78 is 0. The topological polar surface area (TPSA) is 52.6 Å². The number of thiazole rings is 1. The molecule has 3 heterocycles. The highest BCUT2D eigenvalue weighted by atomic mass is 32.1. The Balaban J connectivity index is 1.30. The van der Waals surface area contributed by atoms with E-state index in [2.05, 4.69) is 68.1 Å². The monoisotopic (exact) mass is 397 g/mol.